The average Bonchev–Trinajstić information content (AvgIpc) is 2.28. The van der Waals surface area contributed by atoms with E-state index < -0.39 is 0 Å². The zero-order chi connectivity index (χ0) is 12.1. The third kappa shape index (κ3) is 2.47. The van der Waals surface area contributed by atoms with E-state index in [2.05, 4.69) is 13.0 Å². The minimum Gasteiger partial charge on any atom is -0.496 e. The fraction of sp³-hybridized carbons (Fsp3) is 0.538. The second-order valence-electron chi connectivity index (χ2n) is 3.99. The average molecular weight is 223 g/mol. The summed E-state index contributed by atoms with van der Waals surface area (Å²) < 4.78 is 10.7. The molecule has 0 fully saturated rings. The summed E-state index contributed by atoms with van der Waals surface area (Å²) in [5.41, 5.74) is 7.83. The molecule has 0 aliphatic rings. The molecule has 0 aromatic heterocycles. The van der Waals surface area contributed by atoms with Crippen LogP contribution >= 0.6 is 0 Å². The van der Waals surface area contributed by atoms with Gasteiger partial charge in [-0.1, -0.05) is 13.0 Å². The number of ether oxygens (including phenoxy) is 2. The van der Waals surface area contributed by atoms with Gasteiger partial charge in [-0.05, 0) is 37.4 Å². The van der Waals surface area contributed by atoms with E-state index in [-0.39, 0.29) is 0 Å². The normalized spacial score (nSPS) is 12.3. The summed E-state index contributed by atoms with van der Waals surface area (Å²) in [7, 11) is 3.37. The van der Waals surface area contributed by atoms with Crippen LogP contribution in [0.5, 0.6) is 11.5 Å². The lowest BCUT2D eigenvalue weighted by Crippen LogP contribution is -2.07. The van der Waals surface area contributed by atoms with Crippen molar-refractivity contribution in [2.75, 3.05) is 20.8 Å². The topological polar surface area (TPSA) is 44.5 Å². The van der Waals surface area contributed by atoms with Crippen LogP contribution in [0.3, 0.4) is 0 Å². The van der Waals surface area contributed by atoms with Crippen LogP contribution in [0.1, 0.15) is 30.4 Å². The first-order valence-electron chi connectivity index (χ1n) is 5.57. The molecule has 0 spiro atoms. The number of benzene rings is 1. The van der Waals surface area contributed by atoms with Gasteiger partial charge in [0.1, 0.15) is 11.5 Å². The Labute approximate surface area is 97.6 Å². The van der Waals surface area contributed by atoms with E-state index in [1.165, 1.54) is 5.56 Å². The van der Waals surface area contributed by atoms with E-state index in [4.69, 9.17) is 15.2 Å². The molecule has 0 aliphatic heterocycles. The van der Waals surface area contributed by atoms with E-state index >= 15 is 0 Å². The quantitative estimate of drug-likeness (QED) is 0.834. The summed E-state index contributed by atoms with van der Waals surface area (Å²) in [6, 6.07) is 4.05. The van der Waals surface area contributed by atoms with Gasteiger partial charge in [0.05, 0.1) is 14.2 Å². The Morgan fingerprint density at radius 1 is 1.25 bits per heavy atom. The van der Waals surface area contributed by atoms with Crippen molar-refractivity contribution in [2.45, 2.75) is 26.2 Å². The molecule has 16 heavy (non-hydrogen) atoms. The molecule has 2 N–H and O–H groups in total. The molecule has 1 atom stereocenters. The standard InChI is InChI=1S/C13H21NO2/c1-9(7-8-14)11-5-6-12(15-3)10(2)13(11)16-4/h5-6,9H,7-8,14H2,1-4H3. The third-order valence-electron chi connectivity index (χ3n) is 2.94. The fourth-order valence-corrected chi connectivity index (χ4v) is 1.98. The molecule has 0 amide bonds. The van der Waals surface area contributed by atoms with Gasteiger partial charge >= 0.3 is 0 Å². The zero-order valence-corrected chi connectivity index (χ0v) is 10.5. The van der Waals surface area contributed by atoms with Crippen molar-refractivity contribution in [3.05, 3.63) is 23.3 Å². The van der Waals surface area contributed by atoms with E-state index in [0.29, 0.717) is 12.5 Å². The predicted octanol–water partition coefficient (Wildman–Crippen LogP) is 2.46. The SMILES string of the molecule is COc1ccc(C(C)CCN)c(OC)c1C. The lowest BCUT2D eigenvalue weighted by Gasteiger charge is -2.18. The molecule has 0 saturated carbocycles. The van der Waals surface area contributed by atoms with E-state index in [1.807, 2.05) is 13.0 Å². The van der Waals surface area contributed by atoms with Gasteiger partial charge in [-0.3, -0.25) is 0 Å². The fourth-order valence-electron chi connectivity index (χ4n) is 1.98. The van der Waals surface area contributed by atoms with Gasteiger partial charge in [-0.25, -0.2) is 0 Å². The molecular formula is C13H21NO2. The maximum Gasteiger partial charge on any atom is 0.128 e. The Kier molecular flexibility index (Phi) is 4.62. The summed E-state index contributed by atoms with van der Waals surface area (Å²) in [4.78, 5) is 0. The lowest BCUT2D eigenvalue weighted by molar-refractivity contribution is 0.383. The molecule has 0 heterocycles. The first kappa shape index (κ1) is 12.8. The van der Waals surface area contributed by atoms with Crippen molar-refractivity contribution in [1.29, 1.82) is 0 Å². The van der Waals surface area contributed by atoms with Gasteiger partial charge in [-0.15, -0.1) is 0 Å². The minimum absolute atomic E-state index is 0.407. The van der Waals surface area contributed by atoms with Crippen molar-refractivity contribution >= 4 is 0 Å². The number of hydrogen-bond acceptors (Lipinski definition) is 3. The Bertz CT molecular complexity index is 350. The van der Waals surface area contributed by atoms with Crippen LogP contribution in [-0.2, 0) is 0 Å². The molecule has 3 heteroatoms. The molecule has 1 aromatic rings. The van der Waals surface area contributed by atoms with Crippen LogP contribution in [0.25, 0.3) is 0 Å². The van der Waals surface area contributed by atoms with Gasteiger partial charge in [0.25, 0.3) is 0 Å². The van der Waals surface area contributed by atoms with E-state index in [1.54, 1.807) is 14.2 Å². The molecule has 0 radical (unpaired) electrons. The Morgan fingerprint density at radius 3 is 2.44 bits per heavy atom. The van der Waals surface area contributed by atoms with Crippen molar-refractivity contribution in [3.63, 3.8) is 0 Å². The van der Waals surface area contributed by atoms with E-state index in [9.17, 15) is 0 Å². The molecule has 0 bridgehead atoms. The highest BCUT2D eigenvalue weighted by molar-refractivity contribution is 5.50. The van der Waals surface area contributed by atoms with Gasteiger partial charge in [0, 0.05) is 5.56 Å². The first-order valence-corrected chi connectivity index (χ1v) is 5.57. The summed E-state index contributed by atoms with van der Waals surface area (Å²) in [5.74, 6) is 2.19. The predicted molar refractivity (Wildman–Crippen MR) is 66.4 cm³/mol. The first-order chi connectivity index (χ1) is 7.65. The maximum absolute atomic E-state index is 5.59. The second kappa shape index (κ2) is 5.75. The number of rotatable bonds is 5. The zero-order valence-electron chi connectivity index (χ0n) is 10.5. The van der Waals surface area contributed by atoms with Crippen molar-refractivity contribution in [3.8, 4) is 11.5 Å². The Balaban J connectivity index is 3.14. The summed E-state index contributed by atoms with van der Waals surface area (Å²) in [5, 5.41) is 0. The van der Waals surface area contributed by atoms with Crippen molar-refractivity contribution in [2.24, 2.45) is 5.73 Å². The van der Waals surface area contributed by atoms with Crippen LogP contribution in [0.4, 0.5) is 0 Å². The molecular weight excluding hydrogens is 202 g/mol. The lowest BCUT2D eigenvalue weighted by atomic mass is 9.94. The van der Waals surface area contributed by atoms with Crippen molar-refractivity contribution in [1.82, 2.24) is 0 Å². The molecule has 0 saturated heterocycles. The smallest absolute Gasteiger partial charge is 0.128 e. The second-order valence-corrected chi connectivity index (χ2v) is 3.99. The van der Waals surface area contributed by atoms with Gasteiger partial charge < -0.3 is 15.2 Å². The highest BCUT2D eigenvalue weighted by Crippen LogP contribution is 2.36. The minimum atomic E-state index is 0.407. The monoisotopic (exact) mass is 223 g/mol. The summed E-state index contributed by atoms with van der Waals surface area (Å²) in [6.07, 6.45) is 0.960. The van der Waals surface area contributed by atoms with Crippen LogP contribution in [0, 0.1) is 6.92 Å². The number of hydrogen-bond donors (Lipinski definition) is 1. The maximum atomic E-state index is 5.59. The van der Waals surface area contributed by atoms with Gasteiger partial charge in [0.2, 0.25) is 0 Å². The highest BCUT2D eigenvalue weighted by atomic mass is 16.5. The van der Waals surface area contributed by atoms with Gasteiger partial charge in [-0.2, -0.15) is 0 Å². The molecule has 1 unspecified atom stereocenters. The molecule has 1 rings (SSSR count). The van der Waals surface area contributed by atoms with E-state index in [0.717, 1.165) is 23.5 Å². The molecule has 1 aromatic carbocycles. The number of methoxy groups -OCH3 is 2. The molecule has 0 aliphatic carbocycles. The Hall–Kier alpha value is -1.22. The van der Waals surface area contributed by atoms with Crippen LogP contribution in [0.2, 0.25) is 0 Å². The van der Waals surface area contributed by atoms with Crippen molar-refractivity contribution < 1.29 is 9.47 Å². The Morgan fingerprint density at radius 2 is 1.94 bits per heavy atom. The number of nitrogens with two attached hydrogens (primary N) is 1. The highest BCUT2D eigenvalue weighted by Gasteiger charge is 2.15. The molecule has 3 nitrogen and oxygen atoms in total. The summed E-state index contributed by atoms with van der Waals surface area (Å²) in [6.45, 7) is 4.86. The van der Waals surface area contributed by atoms with Crippen LogP contribution in [0.15, 0.2) is 12.1 Å². The van der Waals surface area contributed by atoms with Gasteiger partial charge in [0.15, 0.2) is 0 Å². The largest absolute Gasteiger partial charge is 0.496 e. The molecule has 90 valence electrons. The summed E-state index contributed by atoms with van der Waals surface area (Å²) >= 11 is 0. The van der Waals surface area contributed by atoms with Crippen LogP contribution < -0.4 is 15.2 Å². The van der Waals surface area contributed by atoms with Crippen LogP contribution in [-0.4, -0.2) is 20.8 Å². The third-order valence-corrected chi connectivity index (χ3v) is 2.94.